The van der Waals surface area contributed by atoms with E-state index in [-0.39, 0.29) is 16.8 Å². The standard InChI is InChI=1S/C18H14F3NO4S/c1-26-17(24)13-3-2-10(19)15(22-13)14-11(20)6-8(7-12(14)21)9-4-5-27-18(25)16(9)23/h2-4,6-7,16,18,23,25H,5H2,1H3. The molecule has 0 spiro atoms. The van der Waals surface area contributed by atoms with Crippen molar-refractivity contribution in [2.75, 3.05) is 12.9 Å². The van der Waals surface area contributed by atoms with E-state index in [1.165, 1.54) is 0 Å². The van der Waals surface area contributed by atoms with E-state index in [2.05, 4.69) is 9.72 Å². The second-order valence-electron chi connectivity index (χ2n) is 5.66. The molecule has 142 valence electrons. The molecule has 27 heavy (non-hydrogen) atoms. The molecule has 9 heteroatoms. The summed E-state index contributed by atoms with van der Waals surface area (Å²) < 4.78 is 47.9. The molecule has 0 fully saturated rings. The third-order valence-corrected chi connectivity index (χ3v) is 4.97. The fourth-order valence-electron chi connectivity index (χ4n) is 2.69. The largest absolute Gasteiger partial charge is 0.464 e. The summed E-state index contributed by atoms with van der Waals surface area (Å²) in [6.45, 7) is 0. The Bertz CT molecular complexity index is 912. The minimum atomic E-state index is -1.31. The molecular weight excluding hydrogens is 383 g/mol. The van der Waals surface area contributed by atoms with Gasteiger partial charge >= 0.3 is 5.97 Å². The van der Waals surface area contributed by atoms with Crippen molar-refractivity contribution in [2.24, 2.45) is 0 Å². The quantitative estimate of drug-likeness (QED) is 0.776. The first-order valence-corrected chi connectivity index (χ1v) is 8.80. The minimum Gasteiger partial charge on any atom is -0.464 e. The van der Waals surface area contributed by atoms with Crippen LogP contribution in [0.25, 0.3) is 16.8 Å². The van der Waals surface area contributed by atoms with Gasteiger partial charge in [0.05, 0.1) is 12.7 Å². The maximum atomic E-state index is 14.6. The van der Waals surface area contributed by atoms with Gasteiger partial charge in [-0.05, 0) is 35.4 Å². The van der Waals surface area contributed by atoms with Crippen LogP contribution in [0.4, 0.5) is 13.2 Å². The molecule has 2 atom stereocenters. The van der Waals surface area contributed by atoms with Crippen LogP contribution in [0.5, 0.6) is 0 Å². The highest BCUT2D eigenvalue weighted by Gasteiger charge is 2.28. The Morgan fingerprint density at radius 1 is 1.19 bits per heavy atom. The topological polar surface area (TPSA) is 79.7 Å². The van der Waals surface area contributed by atoms with Gasteiger partial charge in [0.2, 0.25) is 0 Å². The van der Waals surface area contributed by atoms with Gasteiger partial charge in [0.15, 0.2) is 0 Å². The summed E-state index contributed by atoms with van der Waals surface area (Å²) in [6, 6.07) is 3.74. The lowest BCUT2D eigenvalue weighted by molar-refractivity contribution is 0.0594. The number of rotatable bonds is 3. The number of methoxy groups -OCH3 is 1. The zero-order valence-electron chi connectivity index (χ0n) is 13.9. The fraction of sp³-hybridized carbons (Fsp3) is 0.222. The predicted octanol–water partition coefficient (Wildman–Crippen LogP) is 2.76. The van der Waals surface area contributed by atoms with Crippen molar-refractivity contribution in [3.63, 3.8) is 0 Å². The number of carbonyl (C=O) groups is 1. The maximum absolute atomic E-state index is 14.6. The molecule has 0 saturated heterocycles. The molecule has 0 saturated carbocycles. The number of carbonyl (C=O) groups excluding carboxylic acids is 1. The fourth-order valence-corrected chi connectivity index (χ4v) is 3.49. The van der Waals surface area contributed by atoms with E-state index in [9.17, 15) is 28.2 Å². The highest BCUT2D eigenvalue weighted by Crippen LogP contribution is 2.34. The summed E-state index contributed by atoms with van der Waals surface area (Å²) in [5.41, 5.74) is -2.66. The molecule has 1 aliphatic rings. The molecule has 2 aromatic rings. The third kappa shape index (κ3) is 3.71. The Morgan fingerprint density at radius 3 is 2.48 bits per heavy atom. The Morgan fingerprint density at radius 2 is 1.85 bits per heavy atom. The zero-order valence-corrected chi connectivity index (χ0v) is 14.8. The summed E-state index contributed by atoms with van der Waals surface area (Å²) in [5, 5.41) is 19.7. The first-order valence-electron chi connectivity index (χ1n) is 7.76. The first kappa shape index (κ1) is 19.4. The lowest BCUT2D eigenvalue weighted by atomic mass is 9.97. The molecule has 5 nitrogen and oxygen atoms in total. The molecular formula is C18H14F3NO4S. The summed E-state index contributed by atoms with van der Waals surface area (Å²) in [4.78, 5) is 15.2. The number of benzene rings is 1. The molecule has 3 rings (SSSR count). The molecule has 0 radical (unpaired) electrons. The van der Waals surface area contributed by atoms with Crippen LogP contribution in [0.2, 0.25) is 0 Å². The van der Waals surface area contributed by atoms with Crippen molar-refractivity contribution in [1.29, 1.82) is 0 Å². The highest BCUT2D eigenvalue weighted by molar-refractivity contribution is 8.00. The normalized spacial score (nSPS) is 19.6. The van der Waals surface area contributed by atoms with Gasteiger partial charge in [0.25, 0.3) is 0 Å². The van der Waals surface area contributed by atoms with E-state index in [0.29, 0.717) is 5.75 Å². The number of esters is 1. The van der Waals surface area contributed by atoms with Crippen LogP contribution < -0.4 is 0 Å². The van der Waals surface area contributed by atoms with E-state index >= 15 is 0 Å². The summed E-state index contributed by atoms with van der Waals surface area (Å²) in [5.74, 6) is -3.79. The Hall–Kier alpha value is -2.36. The van der Waals surface area contributed by atoms with Crippen LogP contribution >= 0.6 is 11.8 Å². The van der Waals surface area contributed by atoms with Crippen molar-refractivity contribution < 1.29 is 32.9 Å². The first-order chi connectivity index (χ1) is 12.8. The average molecular weight is 397 g/mol. The molecule has 2 N–H and O–H groups in total. The summed E-state index contributed by atoms with van der Waals surface area (Å²) >= 11 is 1.08. The van der Waals surface area contributed by atoms with Crippen molar-refractivity contribution in [2.45, 2.75) is 11.5 Å². The number of aromatic nitrogens is 1. The van der Waals surface area contributed by atoms with Crippen molar-refractivity contribution >= 4 is 23.3 Å². The zero-order chi connectivity index (χ0) is 19.7. The van der Waals surface area contributed by atoms with E-state index in [1.54, 1.807) is 6.08 Å². The van der Waals surface area contributed by atoms with E-state index < -0.39 is 46.2 Å². The van der Waals surface area contributed by atoms with Crippen LogP contribution in [0, 0.1) is 17.5 Å². The van der Waals surface area contributed by atoms with Crippen LogP contribution in [0.3, 0.4) is 0 Å². The molecule has 1 aliphatic heterocycles. The van der Waals surface area contributed by atoms with Gasteiger partial charge in [0, 0.05) is 5.75 Å². The molecule has 0 amide bonds. The van der Waals surface area contributed by atoms with Crippen LogP contribution in [0.1, 0.15) is 16.1 Å². The van der Waals surface area contributed by atoms with Gasteiger partial charge in [-0.3, -0.25) is 0 Å². The van der Waals surface area contributed by atoms with Gasteiger partial charge in [-0.1, -0.05) is 6.08 Å². The van der Waals surface area contributed by atoms with Gasteiger partial charge in [-0.25, -0.2) is 22.9 Å². The second kappa shape index (κ2) is 7.71. The molecule has 1 aromatic heterocycles. The van der Waals surface area contributed by atoms with Crippen LogP contribution in [-0.2, 0) is 4.74 Å². The lowest BCUT2D eigenvalue weighted by Gasteiger charge is -2.25. The summed E-state index contributed by atoms with van der Waals surface area (Å²) in [7, 11) is 1.10. The number of hydrogen-bond donors (Lipinski definition) is 2. The molecule has 0 aliphatic carbocycles. The van der Waals surface area contributed by atoms with E-state index in [1.807, 2.05) is 0 Å². The molecule has 1 aromatic carbocycles. The van der Waals surface area contributed by atoms with Gasteiger partial charge in [-0.15, -0.1) is 11.8 Å². The van der Waals surface area contributed by atoms with E-state index in [0.717, 1.165) is 43.1 Å². The van der Waals surface area contributed by atoms with Crippen molar-refractivity contribution in [1.82, 2.24) is 4.98 Å². The Kier molecular flexibility index (Phi) is 5.54. The number of aliphatic hydroxyl groups excluding tert-OH is 2. The SMILES string of the molecule is COC(=O)c1ccc(F)c(-c2c(F)cc(C3=CCSC(O)C3O)cc2F)n1. The predicted molar refractivity (Wildman–Crippen MR) is 93.3 cm³/mol. The van der Waals surface area contributed by atoms with E-state index in [4.69, 9.17) is 0 Å². The number of thioether (sulfide) groups is 1. The number of hydrogen-bond acceptors (Lipinski definition) is 6. The van der Waals surface area contributed by atoms with Crippen LogP contribution in [-0.4, -0.2) is 45.6 Å². The van der Waals surface area contributed by atoms with Gasteiger partial charge in [-0.2, -0.15) is 0 Å². The molecule has 0 bridgehead atoms. The maximum Gasteiger partial charge on any atom is 0.356 e. The number of ether oxygens (including phenoxy) is 1. The monoisotopic (exact) mass is 397 g/mol. The number of aliphatic hydroxyl groups is 2. The smallest absolute Gasteiger partial charge is 0.356 e. The summed E-state index contributed by atoms with van der Waals surface area (Å²) in [6.07, 6.45) is 0.234. The molecule has 2 heterocycles. The highest BCUT2D eigenvalue weighted by atomic mass is 32.2. The number of nitrogens with zero attached hydrogens (tertiary/aromatic N) is 1. The lowest BCUT2D eigenvalue weighted by Crippen LogP contribution is -2.27. The third-order valence-electron chi connectivity index (χ3n) is 4.01. The van der Waals surface area contributed by atoms with Crippen molar-refractivity contribution in [3.05, 3.63) is 59.1 Å². The Labute approximate surface area is 156 Å². The van der Waals surface area contributed by atoms with Crippen LogP contribution in [0.15, 0.2) is 30.3 Å². The second-order valence-corrected chi connectivity index (χ2v) is 6.81. The Balaban J connectivity index is 2.09. The number of halogens is 3. The number of pyridine rings is 1. The molecule has 2 unspecified atom stereocenters. The van der Waals surface area contributed by atoms with Gasteiger partial charge < -0.3 is 14.9 Å². The minimum absolute atomic E-state index is 0.0186. The van der Waals surface area contributed by atoms with Gasteiger partial charge in [0.1, 0.15) is 40.4 Å². The average Bonchev–Trinajstić information content (AvgIpc) is 2.64. The van der Waals surface area contributed by atoms with Crippen molar-refractivity contribution in [3.8, 4) is 11.3 Å².